The predicted molar refractivity (Wildman–Crippen MR) is 71.1 cm³/mol. The molecule has 18 heavy (non-hydrogen) atoms. The smallest absolute Gasteiger partial charge is 0.178 e. The van der Waals surface area contributed by atoms with E-state index in [1.54, 1.807) is 0 Å². The van der Waals surface area contributed by atoms with Gasteiger partial charge in [0.25, 0.3) is 0 Å². The zero-order valence-corrected chi connectivity index (χ0v) is 9.71. The van der Waals surface area contributed by atoms with Crippen molar-refractivity contribution in [3.05, 3.63) is 60.2 Å². The Balaban J connectivity index is 1.91. The molecule has 0 aromatic heterocycles. The first-order valence-electron chi connectivity index (χ1n) is 5.86. The van der Waals surface area contributed by atoms with E-state index < -0.39 is 5.60 Å². The Bertz CT molecular complexity index is 568. The predicted octanol–water partition coefficient (Wildman–Crippen LogP) is 1.92. The lowest BCUT2D eigenvalue weighted by molar-refractivity contribution is -0.110. The third-order valence-corrected chi connectivity index (χ3v) is 3.27. The number of ketones is 1. The van der Waals surface area contributed by atoms with E-state index in [2.05, 4.69) is 5.32 Å². The van der Waals surface area contributed by atoms with Gasteiger partial charge in [0.2, 0.25) is 0 Å². The molecule has 0 fully saturated rings. The number of hydrogen-bond acceptors (Lipinski definition) is 3. The number of hydrogen-bond donors (Lipinski definition) is 2. The van der Waals surface area contributed by atoms with E-state index in [9.17, 15) is 9.90 Å². The number of carbonyl (C=O) groups is 1. The second-order valence-corrected chi connectivity index (χ2v) is 4.52. The Morgan fingerprint density at radius 1 is 1.11 bits per heavy atom. The zero-order valence-electron chi connectivity index (χ0n) is 9.71. The lowest BCUT2D eigenvalue weighted by Crippen LogP contribution is -2.44. The van der Waals surface area contributed by atoms with Crippen LogP contribution in [0.2, 0.25) is 0 Å². The van der Waals surface area contributed by atoms with Crippen molar-refractivity contribution < 1.29 is 9.90 Å². The number of nitrogens with one attached hydrogen (secondary N) is 1. The van der Waals surface area contributed by atoms with E-state index in [-0.39, 0.29) is 11.8 Å². The van der Waals surface area contributed by atoms with E-state index in [1.165, 1.54) is 24.3 Å². The maximum Gasteiger partial charge on any atom is 0.178 e. The van der Waals surface area contributed by atoms with Crippen molar-refractivity contribution in [2.45, 2.75) is 11.6 Å². The van der Waals surface area contributed by atoms with Gasteiger partial charge in [0.15, 0.2) is 5.78 Å². The minimum absolute atomic E-state index is 0.0973. The van der Waals surface area contributed by atoms with E-state index in [0.717, 1.165) is 11.3 Å². The van der Waals surface area contributed by atoms with Crippen molar-refractivity contribution in [1.82, 2.24) is 0 Å². The molecule has 1 aromatic rings. The molecule has 1 aromatic carbocycles. The summed E-state index contributed by atoms with van der Waals surface area (Å²) in [6.07, 6.45) is 9.75. The summed E-state index contributed by atoms with van der Waals surface area (Å²) in [5.74, 6) is -0.0973. The van der Waals surface area contributed by atoms with E-state index >= 15 is 0 Å². The maximum absolute atomic E-state index is 11.1. The molecule has 0 saturated carbocycles. The maximum atomic E-state index is 11.1. The van der Waals surface area contributed by atoms with Crippen molar-refractivity contribution in [3.8, 4) is 0 Å². The highest BCUT2D eigenvalue weighted by Crippen LogP contribution is 2.29. The molecule has 3 rings (SSSR count). The Kier molecular flexibility index (Phi) is 2.42. The molecule has 0 bridgehead atoms. The molecule has 90 valence electrons. The van der Waals surface area contributed by atoms with Crippen LogP contribution in [-0.4, -0.2) is 22.5 Å². The van der Waals surface area contributed by atoms with Gasteiger partial charge in [-0.15, -0.1) is 0 Å². The van der Waals surface area contributed by atoms with Gasteiger partial charge in [-0.3, -0.25) is 4.79 Å². The third kappa shape index (κ3) is 1.79. The molecule has 1 unspecified atom stereocenters. The molecule has 0 amide bonds. The van der Waals surface area contributed by atoms with Crippen LogP contribution >= 0.6 is 0 Å². The summed E-state index contributed by atoms with van der Waals surface area (Å²) < 4.78 is 0. The first kappa shape index (κ1) is 11.0. The SMILES string of the molecule is O=C1C=CC(O)(C2C=Cc3ccccc3N2)C=C1. The second kappa shape index (κ2) is 3.96. The van der Waals surface area contributed by atoms with Gasteiger partial charge in [0, 0.05) is 5.69 Å². The molecule has 1 aliphatic carbocycles. The minimum atomic E-state index is -1.15. The van der Waals surface area contributed by atoms with Crippen LogP contribution in [0.3, 0.4) is 0 Å². The minimum Gasteiger partial charge on any atom is -0.379 e. The molecule has 2 N–H and O–H groups in total. The standard InChI is InChI=1S/C15H13NO2/c17-12-7-9-15(18,10-8-12)14-6-5-11-3-1-2-4-13(11)16-14/h1-10,14,16,18H. The first-order valence-corrected chi connectivity index (χ1v) is 5.86. The number of carbonyl (C=O) groups excluding carboxylic acids is 1. The number of aliphatic hydroxyl groups is 1. The van der Waals surface area contributed by atoms with E-state index in [4.69, 9.17) is 0 Å². The van der Waals surface area contributed by atoms with Crippen LogP contribution in [0.5, 0.6) is 0 Å². The quantitative estimate of drug-likeness (QED) is 0.787. The molecule has 0 saturated heterocycles. The summed E-state index contributed by atoms with van der Waals surface area (Å²) in [7, 11) is 0. The molecule has 1 atom stereocenters. The molecule has 2 aliphatic rings. The summed E-state index contributed by atoms with van der Waals surface area (Å²) in [6.45, 7) is 0. The Hall–Kier alpha value is -2.13. The van der Waals surface area contributed by atoms with Crippen LogP contribution in [-0.2, 0) is 4.79 Å². The normalized spacial score (nSPS) is 23.6. The monoisotopic (exact) mass is 239 g/mol. The fraction of sp³-hybridized carbons (Fsp3) is 0.133. The summed E-state index contributed by atoms with van der Waals surface area (Å²) in [5, 5.41) is 13.8. The molecule has 3 nitrogen and oxygen atoms in total. The van der Waals surface area contributed by atoms with Gasteiger partial charge in [0.05, 0.1) is 6.04 Å². The highest BCUT2D eigenvalue weighted by Gasteiger charge is 2.33. The van der Waals surface area contributed by atoms with Crippen LogP contribution in [0.4, 0.5) is 5.69 Å². The molecular weight excluding hydrogens is 226 g/mol. The van der Waals surface area contributed by atoms with Crippen molar-refractivity contribution in [2.24, 2.45) is 0 Å². The first-order chi connectivity index (χ1) is 8.67. The van der Waals surface area contributed by atoms with Crippen LogP contribution in [0.1, 0.15) is 5.56 Å². The van der Waals surface area contributed by atoms with Gasteiger partial charge < -0.3 is 10.4 Å². The highest BCUT2D eigenvalue weighted by atomic mass is 16.3. The van der Waals surface area contributed by atoms with Gasteiger partial charge in [-0.1, -0.05) is 30.4 Å². The van der Waals surface area contributed by atoms with Crippen molar-refractivity contribution in [2.75, 3.05) is 5.32 Å². The second-order valence-electron chi connectivity index (χ2n) is 4.52. The summed E-state index contributed by atoms with van der Waals surface area (Å²) in [4.78, 5) is 11.1. The van der Waals surface area contributed by atoms with Crippen LogP contribution in [0, 0.1) is 0 Å². The molecule has 1 aliphatic heterocycles. The van der Waals surface area contributed by atoms with Gasteiger partial charge in [-0.2, -0.15) is 0 Å². The summed E-state index contributed by atoms with van der Waals surface area (Å²) in [6, 6.07) is 7.63. The van der Waals surface area contributed by atoms with Crippen molar-refractivity contribution in [3.63, 3.8) is 0 Å². The molecule has 1 heterocycles. The largest absolute Gasteiger partial charge is 0.379 e. The average molecular weight is 239 g/mol. The zero-order chi connectivity index (χ0) is 12.6. The van der Waals surface area contributed by atoms with Crippen LogP contribution < -0.4 is 5.32 Å². The molecular formula is C15H13NO2. The summed E-state index contributed by atoms with van der Waals surface area (Å²) >= 11 is 0. The van der Waals surface area contributed by atoms with Crippen molar-refractivity contribution >= 4 is 17.5 Å². The fourth-order valence-electron chi connectivity index (χ4n) is 2.21. The number of anilines is 1. The lowest BCUT2D eigenvalue weighted by atomic mass is 9.87. The molecule has 0 spiro atoms. The van der Waals surface area contributed by atoms with Crippen LogP contribution in [0.15, 0.2) is 54.6 Å². The third-order valence-electron chi connectivity index (χ3n) is 3.27. The number of allylic oxidation sites excluding steroid dienone is 2. The Morgan fingerprint density at radius 3 is 2.61 bits per heavy atom. The lowest BCUT2D eigenvalue weighted by Gasteiger charge is -2.34. The van der Waals surface area contributed by atoms with Gasteiger partial charge in [-0.05, 0) is 35.9 Å². The van der Waals surface area contributed by atoms with E-state index in [0.29, 0.717) is 0 Å². The van der Waals surface area contributed by atoms with Crippen molar-refractivity contribution in [1.29, 1.82) is 0 Å². The van der Waals surface area contributed by atoms with Gasteiger partial charge in [-0.25, -0.2) is 0 Å². The van der Waals surface area contributed by atoms with Crippen LogP contribution in [0.25, 0.3) is 6.08 Å². The topological polar surface area (TPSA) is 49.3 Å². The number of rotatable bonds is 1. The number of benzene rings is 1. The van der Waals surface area contributed by atoms with Gasteiger partial charge in [0.1, 0.15) is 5.60 Å². The fourth-order valence-corrected chi connectivity index (χ4v) is 2.21. The molecule has 0 radical (unpaired) electrons. The van der Waals surface area contributed by atoms with E-state index in [1.807, 2.05) is 36.4 Å². The summed E-state index contributed by atoms with van der Waals surface area (Å²) in [5.41, 5.74) is 0.923. The van der Waals surface area contributed by atoms with Gasteiger partial charge >= 0.3 is 0 Å². The Labute approximate surface area is 105 Å². The Morgan fingerprint density at radius 2 is 1.83 bits per heavy atom. The average Bonchev–Trinajstić information content (AvgIpc) is 2.42. The number of para-hydroxylation sites is 1. The molecule has 3 heteroatoms. The highest BCUT2D eigenvalue weighted by molar-refractivity contribution is 6.00. The number of fused-ring (bicyclic) bond motifs is 1.